The number of hydrogen-bond donors (Lipinski definition) is 1. The van der Waals surface area contributed by atoms with E-state index in [9.17, 15) is 8.78 Å². The SMILES string of the molecule is OC(CCl)Cc1ccc(F)c(F)c1. The third kappa shape index (κ3) is 2.94. The molecule has 72 valence electrons. The van der Waals surface area contributed by atoms with Gasteiger partial charge in [0.25, 0.3) is 0 Å². The Bertz CT molecular complexity index is 291. The first-order valence-corrected chi connectivity index (χ1v) is 4.35. The molecule has 4 heteroatoms. The molecule has 0 aliphatic heterocycles. The van der Waals surface area contributed by atoms with E-state index < -0.39 is 17.7 Å². The van der Waals surface area contributed by atoms with Gasteiger partial charge < -0.3 is 5.11 Å². The summed E-state index contributed by atoms with van der Waals surface area (Å²) in [5, 5.41) is 9.12. The molecular weight excluding hydrogens is 198 g/mol. The Morgan fingerprint density at radius 3 is 2.54 bits per heavy atom. The second kappa shape index (κ2) is 4.53. The van der Waals surface area contributed by atoms with Crippen molar-refractivity contribution >= 4 is 11.6 Å². The quantitative estimate of drug-likeness (QED) is 0.751. The highest BCUT2D eigenvalue weighted by Crippen LogP contribution is 2.10. The maximum Gasteiger partial charge on any atom is 0.159 e. The molecule has 0 aliphatic rings. The molecule has 1 N–H and O–H groups in total. The average Bonchev–Trinajstić information content (AvgIpc) is 2.11. The molecule has 0 aliphatic carbocycles. The second-order valence-corrected chi connectivity index (χ2v) is 3.07. The van der Waals surface area contributed by atoms with Gasteiger partial charge in [-0.2, -0.15) is 0 Å². The number of aliphatic hydroxyl groups is 1. The molecule has 0 fully saturated rings. The Hall–Kier alpha value is -0.670. The molecule has 0 spiro atoms. The fourth-order valence-corrected chi connectivity index (χ4v) is 1.10. The van der Waals surface area contributed by atoms with Crippen molar-refractivity contribution in [2.24, 2.45) is 0 Å². The van der Waals surface area contributed by atoms with Gasteiger partial charge in [0, 0.05) is 5.88 Å². The molecule has 1 rings (SSSR count). The number of halogens is 3. The van der Waals surface area contributed by atoms with Crippen LogP contribution < -0.4 is 0 Å². The predicted molar refractivity (Wildman–Crippen MR) is 46.8 cm³/mol. The maximum absolute atomic E-state index is 12.6. The van der Waals surface area contributed by atoms with Gasteiger partial charge in [0.05, 0.1) is 6.10 Å². The van der Waals surface area contributed by atoms with Crippen LogP contribution in [0.2, 0.25) is 0 Å². The third-order valence-corrected chi connectivity index (χ3v) is 1.99. The molecular formula is C9H9ClF2O. The lowest BCUT2D eigenvalue weighted by Crippen LogP contribution is -2.12. The highest BCUT2D eigenvalue weighted by atomic mass is 35.5. The van der Waals surface area contributed by atoms with E-state index >= 15 is 0 Å². The minimum atomic E-state index is -0.903. The molecule has 0 heterocycles. The summed E-state index contributed by atoms with van der Waals surface area (Å²) in [7, 11) is 0. The van der Waals surface area contributed by atoms with E-state index in [1.807, 2.05) is 0 Å². The Labute approximate surface area is 80.0 Å². The van der Waals surface area contributed by atoms with Gasteiger partial charge in [-0.1, -0.05) is 6.07 Å². The Morgan fingerprint density at radius 2 is 2.00 bits per heavy atom. The molecule has 0 saturated heterocycles. The molecule has 0 bridgehead atoms. The van der Waals surface area contributed by atoms with Crippen molar-refractivity contribution in [3.05, 3.63) is 35.4 Å². The first-order chi connectivity index (χ1) is 6.13. The monoisotopic (exact) mass is 206 g/mol. The summed E-state index contributed by atoms with van der Waals surface area (Å²) in [6, 6.07) is 3.52. The van der Waals surface area contributed by atoms with Crippen molar-refractivity contribution in [2.75, 3.05) is 5.88 Å². The summed E-state index contributed by atoms with van der Waals surface area (Å²) in [5.41, 5.74) is 0.534. The predicted octanol–water partition coefficient (Wildman–Crippen LogP) is 2.11. The van der Waals surface area contributed by atoms with Crippen LogP contribution in [-0.2, 0) is 6.42 Å². The zero-order valence-corrected chi connectivity index (χ0v) is 7.56. The Morgan fingerprint density at radius 1 is 1.31 bits per heavy atom. The molecule has 0 amide bonds. The lowest BCUT2D eigenvalue weighted by molar-refractivity contribution is 0.198. The molecule has 0 aromatic heterocycles. The fraction of sp³-hybridized carbons (Fsp3) is 0.333. The van der Waals surface area contributed by atoms with Crippen LogP contribution in [0.5, 0.6) is 0 Å². The van der Waals surface area contributed by atoms with Gasteiger partial charge in [0.15, 0.2) is 11.6 Å². The highest BCUT2D eigenvalue weighted by Gasteiger charge is 2.06. The summed E-state index contributed by atoms with van der Waals surface area (Å²) < 4.78 is 25.1. The van der Waals surface area contributed by atoms with E-state index in [0.29, 0.717) is 5.56 Å². The van der Waals surface area contributed by atoms with Crippen LogP contribution in [0.15, 0.2) is 18.2 Å². The van der Waals surface area contributed by atoms with Crippen LogP contribution in [0.4, 0.5) is 8.78 Å². The van der Waals surface area contributed by atoms with E-state index in [1.165, 1.54) is 6.07 Å². The Balaban J connectivity index is 2.73. The molecule has 1 aromatic rings. The molecule has 0 saturated carbocycles. The zero-order chi connectivity index (χ0) is 9.84. The van der Waals surface area contributed by atoms with Crippen LogP contribution in [0, 0.1) is 11.6 Å². The van der Waals surface area contributed by atoms with Gasteiger partial charge in [-0.15, -0.1) is 11.6 Å². The summed E-state index contributed by atoms with van der Waals surface area (Å²) in [6.07, 6.45) is -0.479. The Kier molecular flexibility index (Phi) is 3.63. The van der Waals surface area contributed by atoms with Crippen LogP contribution in [0.1, 0.15) is 5.56 Å². The normalized spacial score (nSPS) is 12.9. The zero-order valence-electron chi connectivity index (χ0n) is 6.80. The second-order valence-electron chi connectivity index (χ2n) is 2.76. The van der Waals surface area contributed by atoms with Crippen molar-refractivity contribution in [1.29, 1.82) is 0 Å². The van der Waals surface area contributed by atoms with Crippen LogP contribution in [0.25, 0.3) is 0 Å². The first kappa shape index (κ1) is 10.4. The van der Waals surface area contributed by atoms with Crippen molar-refractivity contribution in [2.45, 2.75) is 12.5 Å². The average molecular weight is 207 g/mol. The van der Waals surface area contributed by atoms with Gasteiger partial charge in [-0.05, 0) is 24.1 Å². The van der Waals surface area contributed by atoms with Gasteiger partial charge in [-0.25, -0.2) is 8.78 Å². The number of rotatable bonds is 3. The number of benzene rings is 1. The number of hydrogen-bond acceptors (Lipinski definition) is 1. The van der Waals surface area contributed by atoms with Crippen LogP contribution in [-0.4, -0.2) is 17.1 Å². The maximum atomic E-state index is 12.6. The molecule has 1 atom stereocenters. The molecule has 13 heavy (non-hydrogen) atoms. The van der Waals surface area contributed by atoms with Crippen molar-refractivity contribution < 1.29 is 13.9 Å². The first-order valence-electron chi connectivity index (χ1n) is 3.81. The van der Waals surface area contributed by atoms with E-state index in [1.54, 1.807) is 0 Å². The minimum Gasteiger partial charge on any atom is -0.392 e. The number of alkyl halides is 1. The van der Waals surface area contributed by atoms with E-state index in [-0.39, 0.29) is 12.3 Å². The lowest BCUT2D eigenvalue weighted by atomic mass is 10.1. The van der Waals surface area contributed by atoms with Crippen molar-refractivity contribution in [3.8, 4) is 0 Å². The minimum absolute atomic E-state index is 0.0823. The highest BCUT2D eigenvalue weighted by molar-refractivity contribution is 6.18. The summed E-state index contributed by atoms with van der Waals surface area (Å²) in [6.45, 7) is 0. The van der Waals surface area contributed by atoms with Gasteiger partial charge >= 0.3 is 0 Å². The standard InChI is InChI=1S/C9H9ClF2O/c10-5-7(13)3-6-1-2-8(11)9(12)4-6/h1-2,4,7,13H,3,5H2. The van der Waals surface area contributed by atoms with E-state index in [4.69, 9.17) is 16.7 Å². The summed E-state index contributed by atoms with van der Waals surface area (Å²) >= 11 is 5.36. The lowest BCUT2D eigenvalue weighted by Gasteiger charge is -2.06. The molecule has 1 unspecified atom stereocenters. The topological polar surface area (TPSA) is 20.2 Å². The summed E-state index contributed by atoms with van der Waals surface area (Å²) in [5.74, 6) is -1.71. The van der Waals surface area contributed by atoms with Gasteiger partial charge in [0.1, 0.15) is 0 Å². The smallest absolute Gasteiger partial charge is 0.159 e. The van der Waals surface area contributed by atoms with Crippen molar-refractivity contribution in [3.63, 3.8) is 0 Å². The van der Waals surface area contributed by atoms with Crippen LogP contribution >= 0.6 is 11.6 Å². The molecule has 1 aromatic carbocycles. The summed E-state index contributed by atoms with van der Waals surface area (Å²) in [4.78, 5) is 0. The largest absolute Gasteiger partial charge is 0.392 e. The molecule has 0 radical (unpaired) electrons. The van der Waals surface area contributed by atoms with Crippen molar-refractivity contribution in [1.82, 2.24) is 0 Å². The van der Waals surface area contributed by atoms with E-state index in [2.05, 4.69) is 0 Å². The number of aliphatic hydroxyl groups excluding tert-OH is 1. The van der Waals surface area contributed by atoms with Gasteiger partial charge in [0.2, 0.25) is 0 Å². The fourth-order valence-electron chi connectivity index (χ4n) is 0.993. The molecule has 1 nitrogen and oxygen atoms in total. The van der Waals surface area contributed by atoms with Gasteiger partial charge in [-0.3, -0.25) is 0 Å². The van der Waals surface area contributed by atoms with E-state index in [0.717, 1.165) is 12.1 Å². The van der Waals surface area contributed by atoms with Crippen LogP contribution in [0.3, 0.4) is 0 Å². The third-order valence-electron chi connectivity index (χ3n) is 1.63.